The van der Waals surface area contributed by atoms with Crippen molar-refractivity contribution in [3.8, 4) is 5.75 Å². The third-order valence-electron chi connectivity index (χ3n) is 3.58. The Morgan fingerprint density at radius 1 is 1.33 bits per heavy atom. The largest absolute Gasteiger partial charge is 0.505 e. The summed E-state index contributed by atoms with van der Waals surface area (Å²) in [6.45, 7) is -1.52. The zero-order valence-corrected chi connectivity index (χ0v) is 16.3. The number of alkyl halides is 2. The van der Waals surface area contributed by atoms with Crippen molar-refractivity contribution in [3.05, 3.63) is 38.1 Å². The van der Waals surface area contributed by atoms with Gasteiger partial charge in [0.25, 0.3) is 16.4 Å². The molecule has 1 aliphatic heterocycles. The lowest BCUT2D eigenvalue weighted by Crippen LogP contribution is -2.38. The molecule has 3 rings (SSSR count). The van der Waals surface area contributed by atoms with Crippen LogP contribution < -0.4 is 9.04 Å². The third-order valence-corrected chi connectivity index (χ3v) is 6.83. The van der Waals surface area contributed by atoms with Gasteiger partial charge in [-0.25, -0.2) is 26.5 Å². The van der Waals surface area contributed by atoms with E-state index in [0.717, 1.165) is 11.3 Å². The number of aromatic nitrogens is 1. The fourth-order valence-electron chi connectivity index (χ4n) is 2.56. The van der Waals surface area contributed by atoms with Gasteiger partial charge >= 0.3 is 0 Å². The number of rotatable bonds is 5. The van der Waals surface area contributed by atoms with E-state index < -0.39 is 33.7 Å². The van der Waals surface area contributed by atoms with Gasteiger partial charge in [-0.3, -0.25) is 0 Å². The third kappa shape index (κ3) is 3.37. The van der Waals surface area contributed by atoms with Gasteiger partial charge in [0.1, 0.15) is 23.4 Å². The zero-order chi connectivity index (χ0) is 19.9. The van der Waals surface area contributed by atoms with Crippen LogP contribution in [0.2, 0.25) is 10.0 Å². The standard InChI is InChI=1S/C14H9BCl2F2N2O4S2/c15-4-25-11-7(17)2-1-6(16)9(11)13-10(22)12-14(20-5-26-12)21(3-8(18)19)27(13,23)24/h1-2,5,8,22H,3-4H2. The molecule has 0 spiro atoms. The molecular formula is C14H9BCl2F2N2O4S2. The molecule has 0 atom stereocenters. The highest BCUT2D eigenvalue weighted by molar-refractivity contribution is 8.02. The number of sulfonamides is 1. The van der Waals surface area contributed by atoms with E-state index in [-0.39, 0.29) is 38.6 Å². The van der Waals surface area contributed by atoms with E-state index in [4.69, 9.17) is 35.8 Å². The van der Waals surface area contributed by atoms with Gasteiger partial charge in [0.05, 0.1) is 27.7 Å². The Morgan fingerprint density at radius 3 is 2.63 bits per heavy atom. The van der Waals surface area contributed by atoms with Crippen molar-refractivity contribution in [2.45, 2.75) is 6.43 Å². The summed E-state index contributed by atoms with van der Waals surface area (Å²) in [5, 5.41) is 10.5. The quantitative estimate of drug-likeness (QED) is 0.698. The smallest absolute Gasteiger partial charge is 0.270 e. The predicted octanol–water partition coefficient (Wildman–Crippen LogP) is 3.75. The molecule has 142 valence electrons. The van der Waals surface area contributed by atoms with Gasteiger partial charge in [0.2, 0.25) is 0 Å². The molecule has 2 heterocycles. The van der Waals surface area contributed by atoms with Gasteiger partial charge < -0.3 is 9.84 Å². The van der Waals surface area contributed by atoms with Gasteiger partial charge in [-0.2, -0.15) is 0 Å². The molecule has 1 aliphatic rings. The Morgan fingerprint density at radius 2 is 2.00 bits per heavy atom. The lowest BCUT2D eigenvalue weighted by Gasteiger charge is -2.29. The minimum absolute atomic E-state index is 0.00443. The van der Waals surface area contributed by atoms with E-state index in [0.29, 0.717) is 4.31 Å². The minimum Gasteiger partial charge on any atom is -0.505 e. The minimum atomic E-state index is -4.66. The summed E-state index contributed by atoms with van der Waals surface area (Å²) in [6.07, 6.45) is -2.98. The van der Waals surface area contributed by atoms with Crippen molar-refractivity contribution in [2.75, 3.05) is 17.4 Å². The van der Waals surface area contributed by atoms with E-state index in [2.05, 4.69) is 4.98 Å². The highest BCUT2D eigenvalue weighted by Gasteiger charge is 2.43. The molecule has 0 amide bonds. The van der Waals surface area contributed by atoms with Gasteiger partial charge in [-0.1, -0.05) is 23.2 Å². The predicted molar refractivity (Wildman–Crippen MR) is 102 cm³/mol. The lowest BCUT2D eigenvalue weighted by molar-refractivity contribution is 0.159. The lowest BCUT2D eigenvalue weighted by atomic mass is 10.1. The van der Waals surface area contributed by atoms with Crippen molar-refractivity contribution in [1.29, 1.82) is 0 Å². The normalized spacial score (nSPS) is 16.0. The van der Waals surface area contributed by atoms with Crippen LogP contribution in [0.3, 0.4) is 0 Å². The fourth-order valence-corrected chi connectivity index (χ4v) is 5.63. The summed E-state index contributed by atoms with van der Waals surface area (Å²) < 4.78 is 57.9. The average molecular weight is 453 g/mol. The second-order valence-electron chi connectivity index (χ2n) is 5.15. The Hall–Kier alpha value is -1.56. The highest BCUT2D eigenvalue weighted by atomic mass is 35.5. The molecule has 1 N–H and O–H groups in total. The van der Waals surface area contributed by atoms with Crippen molar-refractivity contribution in [3.63, 3.8) is 0 Å². The summed E-state index contributed by atoms with van der Waals surface area (Å²) in [7, 11) is 0.702. The number of hydrogen-bond donors (Lipinski definition) is 1. The molecule has 0 aliphatic carbocycles. The summed E-state index contributed by atoms with van der Waals surface area (Å²) in [4.78, 5) is 3.08. The van der Waals surface area contributed by atoms with Gasteiger partial charge in [0.15, 0.2) is 11.6 Å². The average Bonchev–Trinajstić information content (AvgIpc) is 3.07. The number of benzene rings is 1. The molecule has 2 radical (unpaired) electrons. The van der Waals surface area contributed by atoms with Crippen LogP contribution in [0.4, 0.5) is 14.6 Å². The number of hydrogen-bond acceptors (Lipinski definition) is 6. The molecule has 0 fully saturated rings. The maximum atomic E-state index is 13.1. The summed E-state index contributed by atoms with van der Waals surface area (Å²) in [6, 6.07) is 2.64. The SMILES string of the molecule is [B]COc1c(Cl)ccc(Cl)c1C1=C(O)c2scnc2N(CC(F)F)S1(=O)=O. The Bertz CT molecular complexity index is 1030. The van der Waals surface area contributed by atoms with E-state index >= 15 is 0 Å². The first kappa shape index (κ1) is 20.2. The zero-order valence-electron chi connectivity index (χ0n) is 13.2. The van der Waals surface area contributed by atoms with Crippen molar-refractivity contribution in [2.24, 2.45) is 0 Å². The number of thiazole rings is 1. The van der Waals surface area contributed by atoms with Crippen molar-refractivity contribution < 1.29 is 27.0 Å². The van der Waals surface area contributed by atoms with Gasteiger partial charge in [-0.15, -0.1) is 11.3 Å². The van der Waals surface area contributed by atoms with Crippen LogP contribution in [0.15, 0.2) is 17.6 Å². The Balaban J connectivity index is 2.36. The first-order valence-electron chi connectivity index (χ1n) is 7.19. The molecular weight excluding hydrogens is 444 g/mol. The summed E-state index contributed by atoms with van der Waals surface area (Å²) in [5.74, 6) is -1.17. The molecule has 13 heteroatoms. The van der Waals surface area contributed by atoms with Crippen LogP contribution in [-0.2, 0) is 10.0 Å². The second kappa shape index (κ2) is 7.46. The van der Waals surface area contributed by atoms with Crippen LogP contribution in [0, 0.1) is 0 Å². The number of aliphatic hydroxyl groups is 1. The van der Waals surface area contributed by atoms with Crippen molar-refractivity contribution >= 4 is 68.9 Å². The molecule has 0 unspecified atom stereocenters. The number of aliphatic hydroxyl groups excluding tert-OH is 1. The topological polar surface area (TPSA) is 79.7 Å². The van der Waals surface area contributed by atoms with Crippen LogP contribution in [0.5, 0.6) is 5.75 Å². The molecule has 0 saturated heterocycles. The van der Waals surface area contributed by atoms with Crippen LogP contribution in [0.1, 0.15) is 10.4 Å². The van der Waals surface area contributed by atoms with Crippen LogP contribution >= 0.6 is 34.5 Å². The number of ether oxygens (including phenoxy) is 1. The van der Waals surface area contributed by atoms with E-state index in [1.807, 2.05) is 0 Å². The van der Waals surface area contributed by atoms with E-state index in [1.54, 1.807) is 0 Å². The first-order chi connectivity index (χ1) is 12.7. The van der Waals surface area contributed by atoms with Crippen molar-refractivity contribution in [1.82, 2.24) is 4.98 Å². The van der Waals surface area contributed by atoms with Gasteiger partial charge in [0, 0.05) is 6.51 Å². The molecule has 0 saturated carbocycles. The van der Waals surface area contributed by atoms with E-state index in [9.17, 15) is 22.3 Å². The molecule has 6 nitrogen and oxygen atoms in total. The maximum Gasteiger partial charge on any atom is 0.270 e. The summed E-state index contributed by atoms with van der Waals surface area (Å²) in [5.41, 5.74) is 0.958. The van der Waals surface area contributed by atoms with Gasteiger partial charge in [-0.05, 0) is 12.1 Å². The fraction of sp³-hybridized carbons (Fsp3) is 0.214. The Kier molecular flexibility index (Phi) is 5.58. The molecule has 2 aromatic rings. The number of fused-ring (bicyclic) bond motifs is 1. The molecule has 0 bridgehead atoms. The Labute approximate surface area is 168 Å². The number of nitrogens with zero attached hydrogens (tertiary/aromatic N) is 2. The van der Waals surface area contributed by atoms with Crippen LogP contribution in [0.25, 0.3) is 10.7 Å². The monoisotopic (exact) mass is 452 g/mol. The summed E-state index contributed by atoms with van der Waals surface area (Å²) >= 11 is 13.1. The number of halogens is 4. The van der Waals surface area contributed by atoms with Crippen LogP contribution in [-0.4, -0.2) is 45.8 Å². The number of anilines is 1. The molecule has 27 heavy (non-hydrogen) atoms. The van der Waals surface area contributed by atoms with E-state index in [1.165, 1.54) is 17.6 Å². The first-order valence-corrected chi connectivity index (χ1v) is 10.3. The molecule has 1 aromatic carbocycles. The molecule has 1 aromatic heterocycles. The highest BCUT2D eigenvalue weighted by Crippen LogP contribution is 2.49. The maximum absolute atomic E-state index is 13.1. The second-order valence-corrected chi connectivity index (χ2v) is 8.62.